The Balaban J connectivity index is 1.14. The predicted molar refractivity (Wildman–Crippen MR) is 104 cm³/mol. The first-order valence-corrected chi connectivity index (χ1v) is 9.64. The second-order valence-corrected chi connectivity index (χ2v) is 7.24. The molecule has 146 valence electrons. The van der Waals surface area contributed by atoms with E-state index in [2.05, 4.69) is 27.0 Å². The molecule has 1 saturated heterocycles. The minimum Gasteiger partial charge on any atom is -0.454 e. The molecule has 8 nitrogen and oxygen atoms in total. The summed E-state index contributed by atoms with van der Waals surface area (Å²) in [6, 6.07) is 11.8. The van der Waals surface area contributed by atoms with Crippen molar-refractivity contribution in [3.63, 3.8) is 0 Å². The van der Waals surface area contributed by atoms with Gasteiger partial charge < -0.3 is 9.47 Å². The van der Waals surface area contributed by atoms with Gasteiger partial charge in [-0.3, -0.25) is 14.2 Å². The number of hydrogen-bond acceptors (Lipinski definition) is 6. The average molecular weight is 381 g/mol. The van der Waals surface area contributed by atoms with E-state index in [1.165, 1.54) is 5.56 Å². The standard InChI is InChI=1S/C20H23N5O3/c26-20-24-6-2-1-3-19(24)21-25(20)12-11-22-7-9-23(10-8-22)14-16-4-5-17-18(13-16)28-15-27-17/h1-6,13H,7-12,14-15H2. The van der Waals surface area contributed by atoms with Crippen LogP contribution in [-0.4, -0.2) is 63.5 Å². The van der Waals surface area contributed by atoms with E-state index in [1.807, 2.05) is 24.3 Å². The van der Waals surface area contributed by atoms with Crippen LogP contribution in [0.3, 0.4) is 0 Å². The van der Waals surface area contributed by atoms with Crippen molar-refractivity contribution in [1.29, 1.82) is 0 Å². The number of benzene rings is 1. The Morgan fingerprint density at radius 2 is 1.75 bits per heavy atom. The Kier molecular flexibility index (Phi) is 4.50. The van der Waals surface area contributed by atoms with Gasteiger partial charge in [-0.15, -0.1) is 5.10 Å². The van der Waals surface area contributed by atoms with E-state index >= 15 is 0 Å². The zero-order valence-electron chi connectivity index (χ0n) is 15.7. The highest BCUT2D eigenvalue weighted by molar-refractivity contribution is 5.44. The van der Waals surface area contributed by atoms with Crippen molar-refractivity contribution < 1.29 is 9.47 Å². The highest BCUT2D eigenvalue weighted by Crippen LogP contribution is 2.32. The van der Waals surface area contributed by atoms with Crippen LogP contribution in [0.15, 0.2) is 47.4 Å². The Bertz CT molecular complexity index is 1040. The predicted octanol–water partition coefficient (Wildman–Crippen LogP) is 1.04. The van der Waals surface area contributed by atoms with Crippen molar-refractivity contribution in [3.05, 3.63) is 58.6 Å². The largest absolute Gasteiger partial charge is 0.454 e. The topological polar surface area (TPSA) is 64.2 Å². The molecule has 5 rings (SSSR count). The van der Waals surface area contributed by atoms with Crippen LogP contribution in [0.2, 0.25) is 0 Å². The fourth-order valence-corrected chi connectivity index (χ4v) is 3.82. The molecule has 2 aliphatic heterocycles. The number of pyridine rings is 1. The molecule has 0 unspecified atom stereocenters. The van der Waals surface area contributed by atoms with Crippen LogP contribution >= 0.6 is 0 Å². The van der Waals surface area contributed by atoms with Crippen LogP contribution in [0.1, 0.15) is 5.56 Å². The van der Waals surface area contributed by atoms with Gasteiger partial charge in [0.15, 0.2) is 17.1 Å². The van der Waals surface area contributed by atoms with Gasteiger partial charge in [-0.05, 0) is 29.8 Å². The quantitative estimate of drug-likeness (QED) is 0.658. The first-order valence-electron chi connectivity index (χ1n) is 9.64. The van der Waals surface area contributed by atoms with Crippen molar-refractivity contribution in [2.45, 2.75) is 13.1 Å². The monoisotopic (exact) mass is 381 g/mol. The van der Waals surface area contributed by atoms with Crippen molar-refractivity contribution in [1.82, 2.24) is 24.0 Å². The first kappa shape index (κ1) is 17.3. The fourth-order valence-electron chi connectivity index (χ4n) is 3.82. The van der Waals surface area contributed by atoms with Crippen molar-refractivity contribution in [3.8, 4) is 11.5 Å². The maximum Gasteiger partial charge on any atom is 0.350 e. The van der Waals surface area contributed by atoms with Crippen molar-refractivity contribution in [2.75, 3.05) is 39.5 Å². The molecule has 0 spiro atoms. The van der Waals surface area contributed by atoms with Crippen LogP contribution in [-0.2, 0) is 13.1 Å². The van der Waals surface area contributed by atoms with Gasteiger partial charge in [0, 0.05) is 45.5 Å². The first-order chi connectivity index (χ1) is 13.8. The SMILES string of the molecule is O=c1n(CCN2CCN(Cc3ccc4c(c3)OCO4)CC2)nc2ccccn12. The smallest absolute Gasteiger partial charge is 0.350 e. The Hall–Kier alpha value is -2.84. The Labute approximate surface area is 162 Å². The average Bonchev–Trinajstić information content (AvgIpc) is 3.32. The lowest BCUT2D eigenvalue weighted by atomic mass is 10.1. The third kappa shape index (κ3) is 3.36. The normalized spacial score (nSPS) is 17.4. The van der Waals surface area contributed by atoms with E-state index in [0.29, 0.717) is 19.0 Å². The number of rotatable bonds is 5. The summed E-state index contributed by atoms with van der Waals surface area (Å²) >= 11 is 0. The Morgan fingerprint density at radius 1 is 0.929 bits per heavy atom. The van der Waals surface area contributed by atoms with Crippen molar-refractivity contribution in [2.24, 2.45) is 0 Å². The van der Waals surface area contributed by atoms with E-state index in [4.69, 9.17) is 9.47 Å². The summed E-state index contributed by atoms with van der Waals surface area (Å²) in [6.45, 7) is 6.68. The van der Waals surface area contributed by atoms with E-state index in [9.17, 15) is 4.79 Å². The van der Waals surface area contributed by atoms with E-state index in [1.54, 1.807) is 15.3 Å². The molecular weight excluding hydrogens is 358 g/mol. The molecule has 0 N–H and O–H groups in total. The summed E-state index contributed by atoms with van der Waals surface area (Å²) in [7, 11) is 0. The third-order valence-electron chi connectivity index (χ3n) is 5.42. The summed E-state index contributed by atoms with van der Waals surface area (Å²) < 4.78 is 14.0. The van der Waals surface area contributed by atoms with Crippen LogP contribution in [0.25, 0.3) is 5.65 Å². The number of piperazine rings is 1. The number of hydrogen-bond donors (Lipinski definition) is 0. The third-order valence-corrected chi connectivity index (χ3v) is 5.42. The Morgan fingerprint density at radius 3 is 2.61 bits per heavy atom. The van der Waals surface area contributed by atoms with Crippen LogP contribution in [0.5, 0.6) is 11.5 Å². The molecule has 0 bridgehead atoms. The van der Waals surface area contributed by atoms with Crippen molar-refractivity contribution >= 4 is 5.65 Å². The minimum atomic E-state index is -0.0722. The summed E-state index contributed by atoms with van der Waals surface area (Å²) in [5.41, 5.74) is 1.87. The van der Waals surface area contributed by atoms with E-state index in [0.717, 1.165) is 50.8 Å². The molecule has 0 amide bonds. The molecule has 3 aromatic rings. The lowest BCUT2D eigenvalue weighted by Gasteiger charge is -2.34. The number of aromatic nitrogens is 3. The molecule has 2 aliphatic rings. The van der Waals surface area contributed by atoms with Gasteiger partial charge in [0.25, 0.3) is 0 Å². The van der Waals surface area contributed by atoms with Gasteiger partial charge in [-0.25, -0.2) is 9.48 Å². The van der Waals surface area contributed by atoms with Gasteiger partial charge in [-0.1, -0.05) is 12.1 Å². The van der Waals surface area contributed by atoms with Crippen LogP contribution in [0.4, 0.5) is 0 Å². The lowest BCUT2D eigenvalue weighted by molar-refractivity contribution is 0.123. The summed E-state index contributed by atoms with van der Waals surface area (Å²) in [5, 5.41) is 4.40. The molecule has 8 heteroatoms. The molecule has 0 saturated carbocycles. The van der Waals surface area contributed by atoms with E-state index < -0.39 is 0 Å². The number of fused-ring (bicyclic) bond motifs is 2. The second kappa shape index (κ2) is 7.29. The van der Waals surface area contributed by atoms with Crippen LogP contribution in [0, 0.1) is 0 Å². The van der Waals surface area contributed by atoms with Crippen LogP contribution < -0.4 is 15.2 Å². The molecule has 0 aliphatic carbocycles. The maximum absolute atomic E-state index is 12.4. The van der Waals surface area contributed by atoms with Gasteiger partial charge in [0.1, 0.15) is 0 Å². The van der Waals surface area contributed by atoms with E-state index in [-0.39, 0.29) is 5.69 Å². The molecule has 0 atom stereocenters. The summed E-state index contributed by atoms with van der Waals surface area (Å²) in [6.07, 6.45) is 1.76. The number of ether oxygens (including phenoxy) is 2. The van der Waals surface area contributed by atoms with Gasteiger partial charge in [-0.2, -0.15) is 0 Å². The molecule has 1 aromatic carbocycles. The van der Waals surface area contributed by atoms with Gasteiger partial charge >= 0.3 is 5.69 Å². The fraction of sp³-hybridized carbons (Fsp3) is 0.400. The summed E-state index contributed by atoms with van der Waals surface area (Å²) in [4.78, 5) is 17.2. The zero-order valence-corrected chi connectivity index (χ0v) is 15.7. The maximum atomic E-state index is 12.4. The molecule has 2 aromatic heterocycles. The summed E-state index contributed by atoms with van der Waals surface area (Å²) in [5.74, 6) is 1.67. The van der Waals surface area contributed by atoms with Gasteiger partial charge in [0.05, 0.1) is 6.54 Å². The molecule has 28 heavy (non-hydrogen) atoms. The van der Waals surface area contributed by atoms with Gasteiger partial charge in [0.2, 0.25) is 6.79 Å². The molecule has 4 heterocycles. The highest BCUT2D eigenvalue weighted by atomic mass is 16.7. The minimum absolute atomic E-state index is 0.0722. The zero-order chi connectivity index (χ0) is 18.9. The molecule has 0 radical (unpaired) electrons. The molecular formula is C20H23N5O3. The lowest BCUT2D eigenvalue weighted by Crippen LogP contribution is -2.47. The molecule has 1 fully saturated rings. The second-order valence-electron chi connectivity index (χ2n) is 7.24. The highest BCUT2D eigenvalue weighted by Gasteiger charge is 2.19. The number of nitrogens with zero attached hydrogens (tertiary/aromatic N) is 5.